The van der Waals surface area contributed by atoms with Crippen LogP contribution in [0.15, 0.2) is 31.0 Å². The Bertz CT molecular complexity index is 639. The molecule has 0 aliphatic rings. The molecule has 3 aromatic rings. The first-order valence-electron chi connectivity index (χ1n) is 5.20. The molecule has 86 valence electrons. The lowest BCUT2D eigenvalue weighted by atomic mass is 10.4. The summed E-state index contributed by atoms with van der Waals surface area (Å²) in [6.07, 6.45) is 6.92. The van der Waals surface area contributed by atoms with Crippen molar-refractivity contribution in [1.29, 1.82) is 0 Å². The fourth-order valence-electron chi connectivity index (χ4n) is 1.62. The average Bonchev–Trinajstić information content (AvgIpc) is 2.94. The largest absolute Gasteiger partial charge is 0.361 e. The van der Waals surface area contributed by atoms with E-state index in [9.17, 15) is 0 Å². The standard InChI is InChI=1S/C10H11N7/c1-16-7-13-9(15-16)6-12-10-8-2-3-14-17(8)5-4-11-10/h2-5,7H,6H2,1H3,(H,11,12). The van der Waals surface area contributed by atoms with Crippen LogP contribution in [0, 0.1) is 0 Å². The monoisotopic (exact) mass is 229 g/mol. The Morgan fingerprint density at radius 2 is 2.24 bits per heavy atom. The molecule has 0 spiro atoms. The number of hydrogen-bond acceptors (Lipinski definition) is 5. The zero-order chi connectivity index (χ0) is 11.7. The molecule has 7 nitrogen and oxygen atoms in total. The van der Waals surface area contributed by atoms with Crippen molar-refractivity contribution < 1.29 is 0 Å². The third kappa shape index (κ3) is 1.82. The van der Waals surface area contributed by atoms with Gasteiger partial charge in [0.05, 0.1) is 12.7 Å². The summed E-state index contributed by atoms with van der Waals surface area (Å²) >= 11 is 0. The molecule has 3 aromatic heterocycles. The zero-order valence-electron chi connectivity index (χ0n) is 9.28. The first-order valence-corrected chi connectivity index (χ1v) is 5.20. The normalized spacial score (nSPS) is 10.9. The molecule has 0 bridgehead atoms. The molecule has 3 heterocycles. The summed E-state index contributed by atoms with van der Waals surface area (Å²) in [6, 6.07) is 1.90. The molecule has 17 heavy (non-hydrogen) atoms. The Kier molecular flexibility index (Phi) is 2.21. The van der Waals surface area contributed by atoms with Gasteiger partial charge in [-0.05, 0) is 6.07 Å². The lowest BCUT2D eigenvalue weighted by molar-refractivity contribution is 0.747. The van der Waals surface area contributed by atoms with E-state index in [2.05, 4.69) is 25.5 Å². The van der Waals surface area contributed by atoms with E-state index < -0.39 is 0 Å². The number of nitrogens with zero attached hydrogens (tertiary/aromatic N) is 6. The van der Waals surface area contributed by atoms with E-state index in [4.69, 9.17) is 0 Å². The fourth-order valence-corrected chi connectivity index (χ4v) is 1.62. The molecule has 1 N–H and O–H groups in total. The van der Waals surface area contributed by atoms with Crippen molar-refractivity contribution in [3.8, 4) is 0 Å². The number of aromatic nitrogens is 6. The van der Waals surface area contributed by atoms with Crippen molar-refractivity contribution >= 4 is 11.3 Å². The van der Waals surface area contributed by atoms with Gasteiger partial charge in [0.2, 0.25) is 0 Å². The second-order valence-corrected chi connectivity index (χ2v) is 3.62. The number of nitrogens with one attached hydrogen (secondary N) is 1. The highest BCUT2D eigenvalue weighted by atomic mass is 15.3. The van der Waals surface area contributed by atoms with Gasteiger partial charge in [-0.15, -0.1) is 0 Å². The summed E-state index contributed by atoms with van der Waals surface area (Å²) in [5.74, 6) is 1.51. The Labute approximate surface area is 97.1 Å². The maximum Gasteiger partial charge on any atom is 0.169 e. The number of aryl methyl sites for hydroxylation is 1. The van der Waals surface area contributed by atoms with Crippen molar-refractivity contribution in [2.75, 3.05) is 5.32 Å². The predicted octanol–water partition coefficient (Wildman–Crippen LogP) is 0.470. The second-order valence-electron chi connectivity index (χ2n) is 3.62. The van der Waals surface area contributed by atoms with E-state index in [1.165, 1.54) is 0 Å². The Morgan fingerprint density at radius 3 is 3.06 bits per heavy atom. The molecule has 0 aliphatic heterocycles. The van der Waals surface area contributed by atoms with E-state index in [1.807, 2.05) is 13.1 Å². The van der Waals surface area contributed by atoms with Crippen molar-refractivity contribution in [2.24, 2.45) is 7.05 Å². The molecule has 3 rings (SSSR count). The summed E-state index contributed by atoms with van der Waals surface area (Å²) in [5, 5.41) is 11.5. The number of rotatable bonds is 3. The lowest BCUT2D eigenvalue weighted by Gasteiger charge is -2.04. The highest BCUT2D eigenvalue weighted by Crippen LogP contribution is 2.12. The first kappa shape index (κ1) is 9.76. The number of fused-ring (bicyclic) bond motifs is 1. The minimum atomic E-state index is 0.540. The van der Waals surface area contributed by atoms with Crippen molar-refractivity contribution in [1.82, 2.24) is 29.4 Å². The molecule has 0 amide bonds. The van der Waals surface area contributed by atoms with Gasteiger partial charge in [-0.25, -0.2) is 14.5 Å². The van der Waals surface area contributed by atoms with Crippen molar-refractivity contribution in [3.63, 3.8) is 0 Å². The molecule has 0 aromatic carbocycles. The first-order chi connectivity index (χ1) is 8.33. The smallest absolute Gasteiger partial charge is 0.169 e. The van der Waals surface area contributed by atoms with E-state index in [0.717, 1.165) is 17.2 Å². The predicted molar refractivity (Wildman–Crippen MR) is 61.3 cm³/mol. The van der Waals surface area contributed by atoms with Crippen molar-refractivity contribution in [3.05, 3.63) is 36.8 Å². The van der Waals surface area contributed by atoms with Crippen LogP contribution in [0.25, 0.3) is 5.52 Å². The van der Waals surface area contributed by atoms with Gasteiger partial charge < -0.3 is 5.32 Å². The van der Waals surface area contributed by atoms with Crippen LogP contribution in [0.1, 0.15) is 5.82 Å². The minimum absolute atomic E-state index is 0.540. The van der Waals surface area contributed by atoms with E-state index in [0.29, 0.717) is 6.54 Å². The van der Waals surface area contributed by atoms with Crippen LogP contribution < -0.4 is 5.32 Å². The van der Waals surface area contributed by atoms with Gasteiger partial charge in [0.15, 0.2) is 11.6 Å². The Morgan fingerprint density at radius 1 is 1.29 bits per heavy atom. The summed E-state index contributed by atoms with van der Waals surface area (Å²) < 4.78 is 3.44. The molecule has 0 fully saturated rings. The molecule has 0 saturated carbocycles. The minimum Gasteiger partial charge on any atom is -0.361 e. The van der Waals surface area contributed by atoms with Crippen LogP contribution >= 0.6 is 0 Å². The van der Waals surface area contributed by atoms with Crippen molar-refractivity contribution in [2.45, 2.75) is 6.54 Å². The maximum atomic E-state index is 4.27. The van der Waals surface area contributed by atoms with Crippen LogP contribution in [0.3, 0.4) is 0 Å². The highest BCUT2D eigenvalue weighted by molar-refractivity contribution is 5.66. The van der Waals surface area contributed by atoms with Gasteiger partial charge in [-0.3, -0.25) is 4.68 Å². The highest BCUT2D eigenvalue weighted by Gasteiger charge is 2.04. The maximum absolute atomic E-state index is 4.27. The van der Waals surface area contributed by atoms with Gasteiger partial charge in [0.25, 0.3) is 0 Å². The number of anilines is 1. The van der Waals surface area contributed by atoms with Crippen LogP contribution in [0.2, 0.25) is 0 Å². The summed E-state index contributed by atoms with van der Waals surface area (Å²) in [5.41, 5.74) is 0.934. The Hall–Kier alpha value is -2.44. The van der Waals surface area contributed by atoms with Gasteiger partial charge in [-0.1, -0.05) is 0 Å². The van der Waals surface area contributed by atoms with E-state index in [1.54, 1.807) is 34.1 Å². The molecule has 7 heteroatoms. The molecule has 0 unspecified atom stereocenters. The molecular weight excluding hydrogens is 218 g/mol. The summed E-state index contributed by atoms with van der Waals surface area (Å²) in [6.45, 7) is 0.540. The third-order valence-electron chi connectivity index (χ3n) is 2.39. The SMILES string of the molecule is Cn1cnc(CNc2nccn3nccc23)n1. The molecule has 0 atom stereocenters. The average molecular weight is 229 g/mol. The third-order valence-corrected chi connectivity index (χ3v) is 2.39. The van der Waals surface area contributed by atoms with E-state index in [-0.39, 0.29) is 0 Å². The second kappa shape index (κ2) is 3.85. The number of hydrogen-bond donors (Lipinski definition) is 1. The van der Waals surface area contributed by atoms with Crippen LogP contribution in [0.4, 0.5) is 5.82 Å². The zero-order valence-corrected chi connectivity index (χ0v) is 9.28. The van der Waals surface area contributed by atoms with Crippen LogP contribution in [-0.2, 0) is 13.6 Å². The summed E-state index contributed by atoms with van der Waals surface area (Å²) in [4.78, 5) is 8.40. The van der Waals surface area contributed by atoms with Gasteiger partial charge in [0.1, 0.15) is 11.8 Å². The quantitative estimate of drug-likeness (QED) is 0.706. The fraction of sp³-hybridized carbons (Fsp3) is 0.200. The lowest BCUT2D eigenvalue weighted by Crippen LogP contribution is -2.05. The topological polar surface area (TPSA) is 72.9 Å². The Balaban J connectivity index is 1.83. The van der Waals surface area contributed by atoms with Gasteiger partial charge in [-0.2, -0.15) is 10.2 Å². The van der Waals surface area contributed by atoms with Crippen LogP contribution in [-0.4, -0.2) is 29.4 Å². The van der Waals surface area contributed by atoms with Gasteiger partial charge >= 0.3 is 0 Å². The van der Waals surface area contributed by atoms with Crippen LogP contribution in [0.5, 0.6) is 0 Å². The van der Waals surface area contributed by atoms with Gasteiger partial charge in [0, 0.05) is 19.4 Å². The molecule has 0 saturated heterocycles. The van der Waals surface area contributed by atoms with E-state index >= 15 is 0 Å². The molecule has 0 aliphatic carbocycles. The summed E-state index contributed by atoms with van der Waals surface area (Å²) in [7, 11) is 1.84. The molecule has 0 radical (unpaired) electrons. The molecular formula is C10H11N7.